The van der Waals surface area contributed by atoms with Gasteiger partial charge in [-0.2, -0.15) is 5.26 Å². The fraction of sp³-hybridized carbons (Fsp3) is 0.600. The van der Waals surface area contributed by atoms with Crippen LogP contribution in [-0.2, 0) is 4.79 Å². The van der Waals surface area contributed by atoms with Gasteiger partial charge in [-0.15, -0.1) is 0 Å². The number of rotatable bonds is 6. The molecule has 0 bridgehead atoms. The fourth-order valence-electron chi connectivity index (χ4n) is 3.02. The van der Waals surface area contributed by atoms with Crippen LogP contribution in [-0.4, -0.2) is 42.0 Å². The molecule has 25 heavy (non-hydrogen) atoms. The Morgan fingerprint density at radius 2 is 2.00 bits per heavy atom. The number of likely N-dealkylation sites (tertiary alicyclic amines) is 1. The zero-order valence-electron chi connectivity index (χ0n) is 15.8. The molecule has 2 rings (SSSR count). The number of carbonyl (C=O) groups is 1. The predicted octanol–water partition coefficient (Wildman–Crippen LogP) is 2.93. The second kappa shape index (κ2) is 8.35. The first kappa shape index (κ1) is 19.3. The van der Waals surface area contributed by atoms with Crippen molar-refractivity contribution in [3.05, 3.63) is 29.8 Å². The van der Waals surface area contributed by atoms with Gasteiger partial charge in [0.05, 0.1) is 12.6 Å². The Morgan fingerprint density at radius 3 is 2.56 bits per heavy atom. The Hall–Kier alpha value is -2.06. The summed E-state index contributed by atoms with van der Waals surface area (Å²) in [5.74, 6) is 0.00793. The average Bonchev–Trinajstić information content (AvgIpc) is 2.58. The number of para-hydroxylation sites is 1. The monoisotopic (exact) mass is 342 g/mol. The quantitative estimate of drug-likeness (QED) is 0.834. The van der Waals surface area contributed by atoms with Gasteiger partial charge in [-0.3, -0.25) is 9.69 Å². The van der Waals surface area contributed by atoms with Gasteiger partial charge in [0.25, 0.3) is 0 Å². The van der Waals surface area contributed by atoms with Crippen molar-refractivity contribution in [3.63, 3.8) is 0 Å². The molecule has 1 heterocycles. The van der Waals surface area contributed by atoms with E-state index in [0.29, 0.717) is 12.6 Å². The van der Waals surface area contributed by atoms with Crippen molar-refractivity contribution in [1.29, 1.82) is 5.26 Å². The number of piperidine rings is 1. The molecule has 5 nitrogen and oxygen atoms in total. The first-order valence-corrected chi connectivity index (χ1v) is 9.11. The summed E-state index contributed by atoms with van der Waals surface area (Å²) in [5, 5.41) is 15.8. The lowest BCUT2D eigenvalue weighted by Crippen LogP contribution is -2.52. The molecule has 136 valence electrons. The van der Waals surface area contributed by atoms with E-state index in [4.69, 9.17) is 0 Å². The molecular formula is C20H30N4O. The number of hydrogen-bond donors (Lipinski definition) is 2. The van der Waals surface area contributed by atoms with E-state index in [1.54, 1.807) is 6.92 Å². The third kappa shape index (κ3) is 5.20. The molecule has 0 radical (unpaired) electrons. The van der Waals surface area contributed by atoms with E-state index < -0.39 is 5.54 Å². The average molecular weight is 342 g/mol. The fourth-order valence-corrected chi connectivity index (χ4v) is 3.02. The molecule has 0 unspecified atom stereocenters. The topological polar surface area (TPSA) is 68.2 Å². The Bertz CT molecular complexity index is 629. The highest BCUT2D eigenvalue weighted by molar-refractivity contribution is 5.79. The summed E-state index contributed by atoms with van der Waals surface area (Å²) in [4.78, 5) is 14.5. The number of nitrogens with zero attached hydrogens (tertiary/aromatic N) is 2. The van der Waals surface area contributed by atoms with E-state index in [0.717, 1.165) is 25.9 Å². The molecule has 1 amide bonds. The summed E-state index contributed by atoms with van der Waals surface area (Å²) in [6.45, 7) is 9.94. The number of hydrogen-bond acceptors (Lipinski definition) is 4. The first-order valence-electron chi connectivity index (χ1n) is 9.11. The van der Waals surface area contributed by atoms with Crippen LogP contribution in [0.1, 0.15) is 39.2 Å². The zero-order valence-corrected chi connectivity index (χ0v) is 15.8. The van der Waals surface area contributed by atoms with E-state index >= 15 is 0 Å². The first-order chi connectivity index (χ1) is 11.8. The molecule has 0 spiro atoms. The maximum atomic E-state index is 12.3. The van der Waals surface area contributed by atoms with Crippen molar-refractivity contribution in [2.45, 2.75) is 52.1 Å². The van der Waals surface area contributed by atoms with E-state index in [-0.39, 0.29) is 11.8 Å². The lowest BCUT2D eigenvalue weighted by Gasteiger charge is -2.34. The highest BCUT2D eigenvalue weighted by Crippen LogP contribution is 2.20. The van der Waals surface area contributed by atoms with E-state index in [2.05, 4.69) is 46.7 Å². The number of carbonyl (C=O) groups excluding carboxylic acids is 1. The van der Waals surface area contributed by atoms with Crippen molar-refractivity contribution in [3.8, 4) is 6.07 Å². The van der Waals surface area contributed by atoms with E-state index in [1.165, 1.54) is 11.3 Å². The standard InChI is InChI=1S/C20H30N4O/c1-15(2)20(4,14-21)23-19(25)13-24-11-9-17(10-12-24)22-18-8-6-5-7-16(18)3/h5-8,15,17,22H,9-13H2,1-4H3,(H,23,25)/t20-/m1/s1. The third-order valence-corrected chi connectivity index (χ3v) is 5.25. The predicted molar refractivity (Wildman–Crippen MR) is 101 cm³/mol. The van der Waals surface area contributed by atoms with Crippen molar-refractivity contribution >= 4 is 11.6 Å². The summed E-state index contributed by atoms with van der Waals surface area (Å²) in [6, 6.07) is 11.0. The van der Waals surface area contributed by atoms with Gasteiger partial charge in [-0.25, -0.2) is 0 Å². The van der Waals surface area contributed by atoms with Crippen LogP contribution in [0, 0.1) is 24.2 Å². The van der Waals surface area contributed by atoms with Crippen LogP contribution in [0.15, 0.2) is 24.3 Å². The molecule has 0 aliphatic carbocycles. The van der Waals surface area contributed by atoms with Gasteiger partial charge in [-0.05, 0) is 44.2 Å². The normalized spacial score (nSPS) is 18.4. The molecule has 1 atom stereocenters. The molecule has 1 aromatic rings. The smallest absolute Gasteiger partial charge is 0.235 e. The SMILES string of the molecule is Cc1ccccc1NC1CCN(CC(=O)N[C@](C)(C#N)C(C)C)CC1. The number of nitriles is 1. The molecular weight excluding hydrogens is 312 g/mol. The molecule has 0 aromatic heterocycles. The van der Waals surface area contributed by atoms with Crippen LogP contribution in [0.5, 0.6) is 0 Å². The Kier molecular flexibility index (Phi) is 6.44. The maximum Gasteiger partial charge on any atom is 0.235 e. The Labute approximate surface area is 151 Å². The van der Waals surface area contributed by atoms with E-state index in [1.807, 2.05) is 19.9 Å². The second-order valence-corrected chi connectivity index (χ2v) is 7.53. The van der Waals surface area contributed by atoms with Gasteiger partial charge >= 0.3 is 0 Å². The summed E-state index contributed by atoms with van der Waals surface area (Å²) < 4.78 is 0. The number of amides is 1. The summed E-state index contributed by atoms with van der Waals surface area (Å²) >= 11 is 0. The lowest BCUT2D eigenvalue weighted by molar-refractivity contribution is -0.124. The highest BCUT2D eigenvalue weighted by atomic mass is 16.2. The summed E-state index contributed by atoms with van der Waals surface area (Å²) in [6.07, 6.45) is 2.03. The molecule has 1 saturated heterocycles. The molecule has 1 aliphatic rings. The minimum atomic E-state index is -0.804. The van der Waals surface area contributed by atoms with Crippen molar-refractivity contribution in [1.82, 2.24) is 10.2 Å². The van der Waals surface area contributed by atoms with Crippen LogP contribution in [0.4, 0.5) is 5.69 Å². The van der Waals surface area contributed by atoms with Crippen LogP contribution >= 0.6 is 0 Å². The Morgan fingerprint density at radius 1 is 1.36 bits per heavy atom. The van der Waals surface area contributed by atoms with Gasteiger partial charge in [0, 0.05) is 24.8 Å². The largest absolute Gasteiger partial charge is 0.382 e. The van der Waals surface area contributed by atoms with Gasteiger partial charge < -0.3 is 10.6 Å². The van der Waals surface area contributed by atoms with Gasteiger partial charge in [0.15, 0.2) is 0 Å². The summed E-state index contributed by atoms with van der Waals surface area (Å²) in [7, 11) is 0. The number of nitrogens with one attached hydrogen (secondary N) is 2. The molecule has 1 fully saturated rings. The van der Waals surface area contributed by atoms with Gasteiger partial charge in [-0.1, -0.05) is 32.0 Å². The maximum absolute atomic E-state index is 12.3. The van der Waals surface area contributed by atoms with Crippen molar-refractivity contribution in [2.75, 3.05) is 25.0 Å². The van der Waals surface area contributed by atoms with Crippen LogP contribution in [0.2, 0.25) is 0 Å². The highest BCUT2D eigenvalue weighted by Gasteiger charge is 2.31. The summed E-state index contributed by atoms with van der Waals surface area (Å²) in [5.41, 5.74) is 1.65. The van der Waals surface area contributed by atoms with Crippen LogP contribution < -0.4 is 10.6 Å². The van der Waals surface area contributed by atoms with Gasteiger partial charge in [0.2, 0.25) is 5.91 Å². The number of anilines is 1. The van der Waals surface area contributed by atoms with Crippen molar-refractivity contribution in [2.24, 2.45) is 5.92 Å². The van der Waals surface area contributed by atoms with Gasteiger partial charge in [0.1, 0.15) is 5.54 Å². The van der Waals surface area contributed by atoms with E-state index in [9.17, 15) is 10.1 Å². The minimum Gasteiger partial charge on any atom is -0.382 e. The third-order valence-electron chi connectivity index (χ3n) is 5.25. The molecule has 2 N–H and O–H groups in total. The zero-order chi connectivity index (χ0) is 18.4. The minimum absolute atomic E-state index is 0.0666. The molecule has 1 aromatic carbocycles. The lowest BCUT2D eigenvalue weighted by atomic mass is 9.90. The molecule has 1 aliphatic heterocycles. The Balaban J connectivity index is 1.80. The van der Waals surface area contributed by atoms with Crippen molar-refractivity contribution < 1.29 is 4.79 Å². The van der Waals surface area contributed by atoms with Crippen LogP contribution in [0.25, 0.3) is 0 Å². The number of benzene rings is 1. The second-order valence-electron chi connectivity index (χ2n) is 7.53. The molecule has 0 saturated carbocycles. The van der Waals surface area contributed by atoms with Crippen LogP contribution in [0.3, 0.4) is 0 Å². The number of aryl methyl sites for hydroxylation is 1. The molecule has 5 heteroatoms.